The van der Waals surface area contributed by atoms with Crippen LogP contribution in [0.4, 0.5) is 0 Å². The first-order valence-corrected chi connectivity index (χ1v) is 10.1. The fourth-order valence-corrected chi connectivity index (χ4v) is 7.58. The van der Waals surface area contributed by atoms with Gasteiger partial charge >= 0.3 is 0 Å². The third-order valence-corrected chi connectivity index (χ3v) is 8.82. The van der Waals surface area contributed by atoms with E-state index >= 15 is 0 Å². The van der Waals surface area contributed by atoms with Crippen LogP contribution in [0.5, 0.6) is 0 Å². The molecule has 0 aromatic rings. The van der Waals surface area contributed by atoms with Crippen molar-refractivity contribution < 1.29 is 9.47 Å². The first kappa shape index (κ1) is 15.0. The van der Waals surface area contributed by atoms with Crippen molar-refractivity contribution >= 4 is 0 Å². The summed E-state index contributed by atoms with van der Waals surface area (Å²) in [7, 11) is 0. The summed E-state index contributed by atoms with van der Waals surface area (Å²) >= 11 is 0. The fraction of sp³-hybridized carbons (Fsp3) is 0.905. The van der Waals surface area contributed by atoms with Crippen LogP contribution in [0.25, 0.3) is 0 Å². The Morgan fingerprint density at radius 3 is 2.57 bits per heavy atom. The second kappa shape index (κ2) is 4.85. The molecule has 0 radical (unpaired) electrons. The normalized spacial score (nSPS) is 51.0. The highest BCUT2D eigenvalue weighted by Crippen LogP contribution is 2.68. The molecular weight excluding hydrogens is 284 g/mol. The maximum absolute atomic E-state index is 6.25. The molecule has 5 atom stereocenters. The maximum Gasteiger partial charge on any atom is 0.174 e. The molecule has 1 aliphatic heterocycles. The summed E-state index contributed by atoms with van der Waals surface area (Å²) in [6.07, 6.45) is 14.8. The minimum absolute atomic E-state index is 0.236. The van der Waals surface area contributed by atoms with E-state index in [9.17, 15) is 0 Å². The third kappa shape index (κ3) is 1.78. The van der Waals surface area contributed by atoms with Crippen LogP contribution in [0.15, 0.2) is 11.6 Å². The predicted octanol–water partition coefficient (Wildman–Crippen LogP) is 5.08. The summed E-state index contributed by atoms with van der Waals surface area (Å²) in [5.41, 5.74) is 2.58. The van der Waals surface area contributed by atoms with E-state index in [0.29, 0.717) is 5.41 Å². The number of fused-ring (bicyclic) bond motifs is 6. The van der Waals surface area contributed by atoms with Crippen LogP contribution in [-0.4, -0.2) is 19.0 Å². The van der Waals surface area contributed by atoms with Gasteiger partial charge < -0.3 is 9.47 Å². The van der Waals surface area contributed by atoms with E-state index in [1.807, 2.05) is 5.57 Å². The predicted molar refractivity (Wildman–Crippen MR) is 91.0 cm³/mol. The number of hydrogen-bond donors (Lipinski definition) is 0. The molecule has 0 aromatic carbocycles. The SMILES string of the molecule is CC12CCCCC1=CCC1C2CCC2(C)C1CCC21OCCO1. The molecule has 1 heterocycles. The molecule has 0 aromatic heterocycles. The molecule has 128 valence electrons. The maximum atomic E-state index is 6.25. The number of rotatable bonds is 0. The van der Waals surface area contributed by atoms with Crippen molar-refractivity contribution in [3.05, 3.63) is 11.6 Å². The molecule has 0 N–H and O–H groups in total. The number of allylic oxidation sites excluding steroid dienone is 2. The smallest absolute Gasteiger partial charge is 0.174 e. The van der Waals surface area contributed by atoms with Crippen LogP contribution >= 0.6 is 0 Å². The molecule has 5 aliphatic rings. The van der Waals surface area contributed by atoms with Gasteiger partial charge in [0.2, 0.25) is 0 Å². The minimum Gasteiger partial charge on any atom is -0.347 e. The summed E-state index contributed by atoms with van der Waals surface area (Å²) in [4.78, 5) is 0. The molecule has 0 bridgehead atoms. The van der Waals surface area contributed by atoms with Crippen molar-refractivity contribution in [2.24, 2.45) is 28.6 Å². The third-order valence-electron chi connectivity index (χ3n) is 8.82. The number of hydrogen-bond acceptors (Lipinski definition) is 2. The fourth-order valence-electron chi connectivity index (χ4n) is 7.58. The number of ether oxygens (including phenoxy) is 2. The lowest BCUT2D eigenvalue weighted by molar-refractivity contribution is -0.242. The van der Waals surface area contributed by atoms with Crippen LogP contribution in [0.1, 0.15) is 71.6 Å². The van der Waals surface area contributed by atoms with Crippen molar-refractivity contribution in [3.63, 3.8) is 0 Å². The average Bonchev–Trinajstić information content (AvgIpc) is 3.14. The second-order valence-electron chi connectivity index (χ2n) is 9.41. The molecule has 0 amide bonds. The Bertz CT molecular complexity index is 532. The largest absolute Gasteiger partial charge is 0.347 e. The van der Waals surface area contributed by atoms with Gasteiger partial charge in [0.1, 0.15) is 0 Å². The van der Waals surface area contributed by atoms with E-state index < -0.39 is 0 Å². The van der Waals surface area contributed by atoms with Crippen LogP contribution in [0, 0.1) is 28.6 Å². The van der Waals surface area contributed by atoms with Gasteiger partial charge in [0.05, 0.1) is 13.2 Å². The zero-order valence-corrected chi connectivity index (χ0v) is 14.9. The standard InChI is InChI=1S/C21H32O2/c1-19-10-4-3-5-15(19)6-7-16-17(19)8-11-20(2)18(16)9-12-21(20)22-13-14-23-21/h6,16-18H,3-5,7-14H2,1-2H3. The molecule has 4 aliphatic carbocycles. The summed E-state index contributed by atoms with van der Waals surface area (Å²) < 4.78 is 12.5. The van der Waals surface area contributed by atoms with Crippen molar-refractivity contribution in [2.75, 3.05) is 13.2 Å². The lowest BCUT2D eigenvalue weighted by Crippen LogP contribution is -2.54. The van der Waals surface area contributed by atoms with E-state index in [-0.39, 0.29) is 11.2 Å². The van der Waals surface area contributed by atoms with E-state index in [2.05, 4.69) is 19.9 Å². The quantitative estimate of drug-likeness (QED) is 0.580. The minimum atomic E-state index is -0.236. The van der Waals surface area contributed by atoms with Gasteiger partial charge in [-0.15, -0.1) is 0 Å². The van der Waals surface area contributed by atoms with E-state index in [4.69, 9.17) is 9.47 Å². The van der Waals surface area contributed by atoms with Crippen molar-refractivity contribution in [1.82, 2.24) is 0 Å². The van der Waals surface area contributed by atoms with Crippen LogP contribution in [0.3, 0.4) is 0 Å². The van der Waals surface area contributed by atoms with Crippen molar-refractivity contribution in [3.8, 4) is 0 Å². The van der Waals surface area contributed by atoms with E-state index in [1.165, 1.54) is 51.4 Å². The van der Waals surface area contributed by atoms with Gasteiger partial charge in [-0.25, -0.2) is 0 Å². The van der Waals surface area contributed by atoms with Crippen LogP contribution < -0.4 is 0 Å². The zero-order valence-electron chi connectivity index (χ0n) is 14.9. The van der Waals surface area contributed by atoms with Gasteiger partial charge in [0, 0.05) is 11.8 Å². The lowest BCUT2D eigenvalue weighted by Gasteiger charge is -2.58. The van der Waals surface area contributed by atoms with Gasteiger partial charge in [0.15, 0.2) is 5.79 Å². The van der Waals surface area contributed by atoms with Crippen LogP contribution in [0.2, 0.25) is 0 Å². The molecule has 4 fully saturated rings. The Hall–Kier alpha value is -0.340. The highest BCUT2D eigenvalue weighted by molar-refractivity contribution is 5.25. The molecule has 5 unspecified atom stereocenters. The van der Waals surface area contributed by atoms with Gasteiger partial charge in [-0.2, -0.15) is 0 Å². The topological polar surface area (TPSA) is 18.5 Å². The molecule has 1 saturated heterocycles. The molecule has 5 rings (SSSR count). The Labute approximate surface area is 141 Å². The van der Waals surface area contributed by atoms with Gasteiger partial charge in [0.25, 0.3) is 0 Å². The highest BCUT2D eigenvalue weighted by atomic mass is 16.7. The van der Waals surface area contributed by atoms with E-state index in [0.717, 1.165) is 37.4 Å². The molecular formula is C21H32O2. The Morgan fingerprint density at radius 1 is 0.957 bits per heavy atom. The average molecular weight is 316 g/mol. The first-order chi connectivity index (χ1) is 11.1. The summed E-state index contributed by atoms with van der Waals surface area (Å²) in [5.74, 6) is 2.35. The first-order valence-electron chi connectivity index (χ1n) is 10.1. The summed E-state index contributed by atoms with van der Waals surface area (Å²) in [6, 6.07) is 0. The molecule has 1 spiro atoms. The van der Waals surface area contributed by atoms with Crippen LogP contribution in [-0.2, 0) is 9.47 Å². The molecule has 2 heteroatoms. The van der Waals surface area contributed by atoms with Gasteiger partial charge in [-0.05, 0) is 68.1 Å². The molecule has 2 nitrogen and oxygen atoms in total. The Morgan fingerprint density at radius 2 is 1.74 bits per heavy atom. The summed E-state index contributed by atoms with van der Waals surface area (Å²) in [6.45, 7) is 6.70. The molecule has 23 heavy (non-hydrogen) atoms. The van der Waals surface area contributed by atoms with Gasteiger partial charge in [-0.1, -0.05) is 31.9 Å². The zero-order chi connectivity index (χ0) is 15.7. The monoisotopic (exact) mass is 316 g/mol. The molecule has 3 saturated carbocycles. The van der Waals surface area contributed by atoms with Crippen molar-refractivity contribution in [1.29, 1.82) is 0 Å². The van der Waals surface area contributed by atoms with Gasteiger partial charge in [-0.3, -0.25) is 0 Å². The van der Waals surface area contributed by atoms with E-state index in [1.54, 1.807) is 0 Å². The Kier molecular flexibility index (Phi) is 3.15. The van der Waals surface area contributed by atoms with Crippen molar-refractivity contribution in [2.45, 2.75) is 77.4 Å². The second-order valence-corrected chi connectivity index (χ2v) is 9.41. The summed E-state index contributed by atoms with van der Waals surface area (Å²) in [5, 5.41) is 0. The Balaban J connectivity index is 1.51. The highest BCUT2D eigenvalue weighted by Gasteiger charge is 2.66. The lowest BCUT2D eigenvalue weighted by atomic mass is 9.48.